The van der Waals surface area contributed by atoms with E-state index < -0.39 is 0 Å². The highest BCUT2D eigenvalue weighted by molar-refractivity contribution is 6.30. The van der Waals surface area contributed by atoms with E-state index >= 15 is 0 Å². The van der Waals surface area contributed by atoms with Crippen LogP contribution in [0.3, 0.4) is 0 Å². The molecule has 1 atom stereocenters. The van der Waals surface area contributed by atoms with Crippen LogP contribution in [-0.4, -0.2) is 51.4 Å². The molecule has 1 aliphatic rings. The monoisotopic (exact) mass is 432 g/mol. The molecular weight excluding hydrogens is 404 g/mol. The number of benzene rings is 1. The van der Waals surface area contributed by atoms with Crippen molar-refractivity contribution in [3.8, 4) is 11.4 Å². The van der Waals surface area contributed by atoms with Crippen molar-refractivity contribution < 1.29 is 14.1 Å². The molecule has 0 spiro atoms. The first-order valence-corrected chi connectivity index (χ1v) is 11.1. The van der Waals surface area contributed by atoms with Gasteiger partial charge in [0.25, 0.3) is 0 Å². The van der Waals surface area contributed by atoms with Crippen molar-refractivity contribution >= 4 is 23.4 Å². The second-order valence-electron chi connectivity index (χ2n) is 7.63. The van der Waals surface area contributed by atoms with E-state index in [1.165, 1.54) is 0 Å². The number of amides is 2. The van der Waals surface area contributed by atoms with Crippen LogP contribution in [-0.2, 0) is 9.59 Å². The number of hydrogen-bond donors (Lipinski definition) is 0. The number of nitrogens with zero attached hydrogens (tertiary/aromatic N) is 4. The molecule has 2 heterocycles. The molecular formula is C22H29ClN4O3. The number of piperidine rings is 1. The van der Waals surface area contributed by atoms with Crippen LogP contribution in [0, 0.1) is 0 Å². The third-order valence-electron chi connectivity index (χ3n) is 5.29. The van der Waals surface area contributed by atoms with Gasteiger partial charge in [0.1, 0.15) is 6.04 Å². The number of hydrogen-bond acceptors (Lipinski definition) is 5. The summed E-state index contributed by atoms with van der Waals surface area (Å²) in [5.41, 5.74) is 0.808. The standard InChI is InChI=1S/C22H29ClN4O3/c1-3-7-19(28)26(13-4-2)15-20(29)27-14-6-5-8-18(27)22-24-21(25-30-22)16-9-11-17(23)12-10-16/h9-12,18H,3-8,13-15H2,1-2H3. The molecule has 0 bridgehead atoms. The van der Waals surface area contributed by atoms with Crippen LogP contribution in [0.1, 0.15) is 64.3 Å². The van der Waals surface area contributed by atoms with Crippen molar-refractivity contribution in [1.82, 2.24) is 19.9 Å². The Balaban J connectivity index is 1.75. The van der Waals surface area contributed by atoms with Gasteiger partial charge in [0.05, 0.1) is 6.54 Å². The summed E-state index contributed by atoms with van der Waals surface area (Å²) < 4.78 is 5.54. The minimum absolute atomic E-state index is 0.0316. The van der Waals surface area contributed by atoms with Crippen LogP contribution >= 0.6 is 11.6 Å². The largest absolute Gasteiger partial charge is 0.337 e. The summed E-state index contributed by atoms with van der Waals surface area (Å²) in [5.74, 6) is 0.883. The topological polar surface area (TPSA) is 79.5 Å². The second kappa shape index (κ2) is 10.6. The van der Waals surface area contributed by atoms with E-state index in [2.05, 4.69) is 10.1 Å². The summed E-state index contributed by atoms with van der Waals surface area (Å²) in [6, 6.07) is 6.97. The van der Waals surface area contributed by atoms with Gasteiger partial charge in [-0.2, -0.15) is 4.98 Å². The molecule has 1 unspecified atom stereocenters. The Morgan fingerprint density at radius 3 is 2.67 bits per heavy atom. The van der Waals surface area contributed by atoms with E-state index in [4.69, 9.17) is 16.1 Å². The average Bonchev–Trinajstić information content (AvgIpc) is 3.24. The molecule has 162 valence electrons. The predicted octanol–water partition coefficient (Wildman–Crippen LogP) is 4.48. The Morgan fingerprint density at radius 1 is 1.20 bits per heavy atom. The van der Waals surface area contributed by atoms with Gasteiger partial charge in [-0.15, -0.1) is 0 Å². The second-order valence-corrected chi connectivity index (χ2v) is 8.06. The summed E-state index contributed by atoms with van der Waals surface area (Å²) in [5, 5.41) is 4.74. The van der Waals surface area contributed by atoms with Crippen LogP contribution in [0.25, 0.3) is 11.4 Å². The summed E-state index contributed by atoms with van der Waals surface area (Å²) in [6.45, 7) is 5.30. The number of carbonyl (C=O) groups excluding carboxylic acids is 2. The third-order valence-corrected chi connectivity index (χ3v) is 5.54. The zero-order chi connectivity index (χ0) is 21.5. The molecule has 0 N–H and O–H groups in total. The minimum Gasteiger partial charge on any atom is -0.337 e. The van der Waals surface area contributed by atoms with Gasteiger partial charge in [0.15, 0.2) is 0 Å². The molecule has 8 heteroatoms. The van der Waals surface area contributed by atoms with E-state index in [1.54, 1.807) is 21.9 Å². The molecule has 0 saturated carbocycles. The molecule has 2 aromatic rings. The third kappa shape index (κ3) is 5.39. The number of rotatable bonds is 8. The highest BCUT2D eigenvalue weighted by atomic mass is 35.5. The molecule has 30 heavy (non-hydrogen) atoms. The van der Waals surface area contributed by atoms with Crippen LogP contribution < -0.4 is 0 Å². The predicted molar refractivity (Wildman–Crippen MR) is 115 cm³/mol. The van der Waals surface area contributed by atoms with Gasteiger partial charge in [-0.1, -0.05) is 30.6 Å². The maximum absolute atomic E-state index is 13.1. The lowest BCUT2D eigenvalue weighted by Crippen LogP contribution is -2.46. The Morgan fingerprint density at radius 2 is 1.97 bits per heavy atom. The van der Waals surface area contributed by atoms with Gasteiger partial charge in [-0.25, -0.2) is 0 Å². The zero-order valence-corrected chi connectivity index (χ0v) is 18.4. The van der Waals surface area contributed by atoms with Crippen molar-refractivity contribution in [3.63, 3.8) is 0 Å². The Kier molecular flexibility index (Phi) is 7.85. The van der Waals surface area contributed by atoms with Gasteiger partial charge in [-0.3, -0.25) is 9.59 Å². The molecule has 1 aromatic heterocycles. The number of halogens is 1. The first kappa shape index (κ1) is 22.3. The van der Waals surface area contributed by atoms with Crippen molar-refractivity contribution in [3.05, 3.63) is 35.2 Å². The maximum Gasteiger partial charge on any atom is 0.249 e. The molecule has 1 aliphatic heterocycles. The van der Waals surface area contributed by atoms with E-state index in [-0.39, 0.29) is 24.4 Å². The summed E-state index contributed by atoms with van der Waals surface area (Å²) >= 11 is 5.95. The van der Waals surface area contributed by atoms with Crippen LogP contribution in [0.4, 0.5) is 0 Å². The fraction of sp³-hybridized carbons (Fsp3) is 0.545. The fourth-order valence-corrected chi connectivity index (χ4v) is 3.89. The molecule has 2 amide bonds. The van der Waals surface area contributed by atoms with Crippen molar-refractivity contribution in [1.29, 1.82) is 0 Å². The lowest BCUT2D eigenvalue weighted by atomic mass is 10.0. The molecule has 3 rings (SSSR count). The van der Waals surface area contributed by atoms with Gasteiger partial charge >= 0.3 is 0 Å². The van der Waals surface area contributed by atoms with Crippen LogP contribution in [0.5, 0.6) is 0 Å². The SMILES string of the molecule is CCCC(=O)N(CCC)CC(=O)N1CCCCC1c1nc(-c2ccc(Cl)cc2)no1. The fourth-order valence-electron chi connectivity index (χ4n) is 3.76. The van der Waals surface area contributed by atoms with Gasteiger partial charge < -0.3 is 14.3 Å². The van der Waals surface area contributed by atoms with Gasteiger partial charge in [0.2, 0.25) is 23.5 Å². The Hall–Kier alpha value is -2.41. The quantitative estimate of drug-likeness (QED) is 0.614. The van der Waals surface area contributed by atoms with Crippen LogP contribution in [0.2, 0.25) is 5.02 Å². The first-order valence-electron chi connectivity index (χ1n) is 10.7. The molecule has 1 fully saturated rings. The lowest BCUT2D eigenvalue weighted by Gasteiger charge is -2.35. The first-order chi connectivity index (χ1) is 14.5. The van der Waals surface area contributed by atoms with Gasteiger partial charge in [0, 0.05) is 30.1 Å². The molecule has 0 aliphatic carbocycles. The molecule has 1 aromatic carbocycles. The van der Waals surface area contributed by atoms with E-state index in [9.17, 15) is 9.59 Å². The molecule has 1 saturated heterocycles. The maximum atomic E-state index is 13.1. The smallest absolute Gasteiger partial charge is 0.249 e. The van der Waals surface area contributed by atoms with E-state index in [0.717, 1.165) is 37.7 Å². The van der Waals surface area contributed by atoms with Gasteiger partial charge in [-0.05, 0) is 56.4 Å². The summed E-state index contributed by atoms with van der Waals surface area (Å²) in [7, 11) is 0. The van der Waals surface area contributed by atoms with Crippen LogP contribution in [0.15, 0.2) is 28.8 Å². The number of likely N-dealkylation sites (tertiary alicyclic amines) is 1. The highest BCUT2D eigenvalue weighted by Crippen LogP contribution is 2.31. The lowest BCUT2D eigenvalue weighted by molar-refractivity contribution is -0.143. The van der Waals surface area contributed by atoms with Crippen molar-refractivity contribution in [2.24, 2.45) is 0 Å². The average molecular weight is 433 g/mol. The molecule has 0 radical (unpaired) electrons. The highest BCUT2D eigenvalue weighted by Gasteiger charge is 2.33. The number of aromatic nitrogens is 2. The minimum atomic E-state index is -0.260. The number of carbonyl (C=O) groups is 2. The zero-order valence-electron chi connectivity index (χ0n) is 17.6. The normalized spacial score (nSPS) is 16.5. The van der Waals surface area contributed by atoms with E-state index in [1.807, 2.05) is 26.0 Å². The molecule has 7 nitrogen and oxygen atoms in total. The Bertz CT molecular complexity index is 852. The van der Waals surface area contributed by atoms with Crippen molar-refractivity contribution in [2.45, 2.75) is 58.4 Å². The Labute approximate surface area is 182 Å². The summed E-state index contributed by atoms with van der Waals surface area (Å²) in [4.78, 5) is 33.5. The summed E-state index contributed by atoms with van der Waals surface area (Å²) in [6.07, 6.45) is 4.74. The van der Waals surface area contributed by atoms with E-state index in [0.29, 0.717) is 36.2 Å². The van der Waals surface area contributed by atoms with Crippen molar-refractivity contribution in [2.75, 3.05) is 19.6 Å².